The first-order chi connectivity index (χ1) is 10.9. The van der Waals surface area contributed by atoms with E-state index in [4.69, 9.17) is 10.8 Å². The number of hydrogen-bond donors (Lipinski definition) is 1. The van der Waals surface area contributed by atoms with Gasteiger partial charge in [0.25, 0.3) is 0 Å². The van der Waals surface area contributed by atoms with Crippen LogP contribution < -0.4 is 5.73 Å². The summed E-state index contributed by atoms with van der Waals surface area (Å²) in [5, 5.41) is 4.69. The Kier molecular flexibility index (Phi) is 4.06. The molecule has 1 aliphatic rings. The smallest absolute Gasteiger partial charge is 0.227 e. The summed E-state index contributed by atoms with van der Waals surface area (Å²) < 4.78 is 1.83. The molecule has 2 N–H and O–H groups in total. The Hall–Kier alpha value is -2.02. The summed E-state index contributed by atoms with van der Waals surface area (Å²) in [5.41, 5.74) is 7.85. The van der Waals surface area contributed by atoms with Crippen molar-refractivity contribution in [2.75, 3.05) is 19.6 Å². The minimum absolute atomic E-state index is 0.191. The SMILES string of the molecule is CC(C)(C)C(=O)N1CCC(c2nn(CCN)c3nccnc23)C1. The average molecular weight is 316 g/mol. The van der Waals surface area contributed by atoms with Crippen LogP contribution in [0.25, 0.3) is 11.2 Å². The van der Waals surface area contributed by atoms with Gasteiger partial charge < -0.3 is 10.6 Å². The maximum absolute atomic E-state index is 12.5. The topological polar surface area (TPSA) is 89.9 Å². The van der Waals surface area contributed by atoms with Crippen molar-refractivity contribution in [3.63, 3.8) is 0 Å². The minimum Gasteiger partial charge on any atom is -0.342 e. The van der Waals surface area contributed by atoms with Gasteiger partial charge in [0.2, 0.25) is 5.91 Å². The molecule has 7 heteroatoms. The normalized spacial score (nSPS) is 18.8. The van der Waals surface area contributed by atoms with Gasteiger partial charge in [-0.3, -0.25) is 4.79 Å². The van der Waals surface area contributed by atoms with E-state index in [9.17, 15) is 4.79 Å². The zero-order chi connectivity index (χ0) is 16.6. The van der Waals surface area contributed by atoms with Gasteiger partial charge in [0, 0.05) is 43.4 Å². The van der Waals surface area contributed by atoms with Crippen molar-refractivity contribution >= 4 is 17.1 Å². The lowest BCUT2D eigenvalue weighted by Gasteiger charge is -2.25. The third-order valence-corrected chi connectivity index (χ3v) is 4.24. The quantitative estimate of drug-likeness (QED) is 0.917. The zero-order valence-electron chi connectivity index (χ0n) is 14.0. The molecule has 0 bridgehead atoms. The molecule has 2 aromatic rings. The van der Waals surface area contributed by atoms with Crippen LogP contribution in [0.5, 0.6) is 0 Å². The molecule has 1 unspecified atom stereocenters. The molecule has 0 saturated carbocycles. The van der Waals surface area contributed by atoms with Crippen LogP contribution in [0.4, 0.5) is 0 Å². The molecule has 1 fully saturated rings. The van der Waals surface area contributed by atoms with Crippen molar-refractivity contribution in [2.45, 2.75) is 39.7 Å². The highest BCUT2D eigenvalue weighted by atomic mass is 16.2. The van der Waals surface area contributed by atoms with Crippen molar-refractivity contribution in [2.24, 2.45) is 11.1 Å². The minimum atomic E-state index is -0.352. The molecule has 0 radical (unpaired) electrons. The number of carbonyl (C=O) groups excluding carboxylic acids is 1. The Balaban J connectivity index is 1.89. The van der Waals surface area contributed by atoms with Crippen molar-refractivity contribution in [1.29, 1.82) is 0 Å². The largest absolute Gasteiger partial charge is 0.342 e. The van der Waals surface area contributed by atoms with Crippen LogP contribution in [0.1, 0.15) is 38.8 Å². The van der Waals surface area contributed by atoms with Crippen LogP contribution in [0.3, 0.4) is 0 Å². The second kappa shape index (κ2) is 5.88. The first-order valence-electron chi connectivity index (χ1n) is 8.08. The molecule has 3 heterocycles. The number of fused-ring (bicyclic) bond motifs is 1. The van der Waals surface area contributed by atoms with E-state index in [1.165, 1.54) is 0 Å². The monoisotopic (exact) mass is 316 g/mol. The summed E-state index contributed by atoms with van der Waals surface area (Å²) in [6.07, 6.45) is 4.27. The van der Waals surface area contributed by atoms with Gasteiger partial charge in [-0.05, 0) is 6.42 Å². The predicted octanol–water partition coefficient (Wildman–Crippen LogP) is 1.15. The first kappa shape index (κ1) is 15.9. The summed E-state index contributed by atoms with van der Waals surface area (Å²) >= 11 is 0. The van der Waals surface area contributed by atoms with Gasteiger partial charge in [-0.2, -0.15) is 5.10 Å². The maximum atomic E-state index is 12.5. The molecule has 0 spiro atoms. The number of amides is 1. The fourth-order valence-corrected chi connectivity index (χ4v) is 3.12. The molecule has 0 aromatic carbocycles. The van der Waals surface area contributed by atoms with Gasteiger partial charge >= 0.3 is 0 Å². The van der Waals surface area contributed by atoms with E-state index in [1.54, 1.807) is 12.4 Å². The Morgan fingerprint density at radius 2 is 2.09 bits per heavy atom. The van der Waals surface area contributed by atoms with Crippen LogP contribution in [0.2, 0.25) is 0 Å². The third kappa shape index (κ3) is 2.93. The Bertz CT molecular complexity index is 717. The van der Waals surface area contributed by atoms with Crippen molar-refractivity contribution in [3.05, 3.63) is 18.1 Å². The molecule has 2 aromatic heterocycles. The van der Waals surface area contributed by atoms with Crippen LogP contribution >= 0.6 is 0 Å². The molecule has 1 aliphatic heterocycles. The molecule has 1 saturated heterocycles. The first-order valence-corrected chi connectivity index (χ1v) is 8.08. The lowest BCUT2D eigenvalue weighted by molar-refractivity contribution is -0.138. The third-order valence-electron chi connectivity index (χ3n) is 4.24. The highest BCUT2D eigenvalue weighted by molar-refractivity contribution is 5.82. The summed E-state index contributed by atoms with van der Waals surface area (Å²) in [6.45, 7) is 8.46. The van der Waals surface area contributed by atoms with Crippen LogP contribution in [-0.4, -0.2) is 50.2 Å². The van der Waals surface area contributed by atoms with E-state index < -0.39 is 0 Å². The number of likely N-dealkylation sites (tertiary alicyclic amines) is 1. The van der Waals surface area contributed by atoms with Crippen LogP contribution in [0, 0.1) is 5.41 Å². The Morgan fingerprint density at radius 1 is 1.35 bits per heavy atom. The zero-order valence-corrected chi connectivity index (χ0v) is 14.0. The van der Waals surface area contributed by atoms with Gasteiger partial charge in [0.1, 0.15) is 5.52 Å². The number of aromatic nitrogens is 4. The van der Waals surface area contributed by atoms with Crippen molar-refractivity contribution < 1.29 is 4.79 Å². The standard InChI is InChI=1S/C16H24N6O/c1-16(2,3)15(23)21-8-4-11(10-21)12-13-14(19-7-6-18-13)22(20-12)9-5-17/h6-7,11H,4-5,8-10,17H2,1-3H3. The molecule has 0 aliphatic carbocycles. The summed E-state index contributed by atoms with van der Waals surface area (Å²) in [4.78, 5) is 23.3. The number of carbonyl (C=O) groups is 1. The molecule has 7 nitrogen and oxygen atoms in total. The van der Waals surface area contributed by atoms with E-state index in [0.29, 0.717) is 19.6 Å². The van der Waals surface area contributed by atoms with Crippen molar-refractivity contribution in [3.8, 4) is 0 Å². The van der Waals surface area contributed by atoms with Crippen molar-refractivity contribution in [1.82, 2.24) is 24.6 Å². The summed E-state index contributed by atoms with van der Waals surface area (Å²) in [5.74, 6) is 0.399. The highest BCUT2D eigenvalue weighted by Gasteiger charge is 2.35. The molecule has 1 atom stereocenters. The van der Waals surface area contributed by atoms with E-state index in [0.717, 1.165) is 29.8 Å². The number of nitrogens with zero attached hydrogens (tertiary/aromatic N) is 5. The Labute approximate surface area is 135 Å². The van der Waals surface area contributed by atoms with Gasteiger partial charge in [-0.1, -0.05) is 20.8 Å². The predicted molar refractivity (Wildman–Crippen MR) is 87.8 cm³/mol. The number of hydrogen-bond acceptors (Lipinski definition) is 5. The van der Waals surface area contributed by atoms with E-state index >= 15 is 0 Å². The maximum Gasteiger partial charge on any atom is 0.227 e. The van der Waals surface area contributed by atoms with E-state index in [1.807, 2.05) is 30.4 Å². The summed E-state index contributed by atoms with van der Waals surface area (Å²) in [6, 6.07) is 0. The fourth-order valence-electron chi connectivity index (χ4n) is 3.12. The van der Waals surface area contributed by atoms with E-state index in [-0.39, 0.29) is 17.2 Å². The van der Waals surface area contributed by atoms with Gasteiger partial charge in [0.15, 0.2) is 5.65 Å². The van der Waals surface area contributed by atoms with Gasteiger partial charge in [-0.25, -0.2) is 14.6 Å². The molecule has 1 amide bonds. The molecule has 23 heavy (non-hydrogen) atoms. The Morgan fingerprint density at radius 3 is 2.78 bits per heavy atom. The van der Waals surface area contributed by atoms with Gasteiger partial charge in [0.05, 0.1) is 12.2 Å². The second-order valence-electron chi connectivity index (χ2n) is 7.11. The fraction of sp³-hybridized carbons (Fsp3) is 0.625. The van der Waals surface area contributed by atoms with Crippen LogP contribution in [-0.2, 0) is 11.3 Å². The molecule has 3 rings (SSSR count). The molecular weight excluding hydrogens is 292 g/mol. The lowest BCUT2D eigenvalue weighted by Crippen LogP contribution is -2.37. The average Bonchev–Trinajstić information content (AvgIpc) is 3.11. The summed E-state index contributed by atoms with van der Waals surface area (Å²) in [7, 11) is 0. The van der Waals surface area contributed by atoms with Gasteiger partial charge in [-0.15, -0.1) is 0 Å². The number of rotatable bonds is 3. The van der Waals surface area contributed by atoms with Crippen LogP contribution in [0.15, 0.2) is 12.4 Å². The highest BCUT2D eigenvalue weighted by Crippen LogP contribution is 2.32. The molecular formula is C16H24N6O. The lowest BCUT2D eigenvalue weighted by atomic mass is 9.95. The molecule has 124 valence electrons. The van der Waals surface area contributed by atoms with E-state index in [2.05, 4.69) is 9.97 Å². The second-order valence-corrected chi connectivity index (χ2v) is 7.11. The number of nitrogens with two attached hydrogens (primary N) is 1.